The Morgan fingerprint density at radius 3 is 2.40 bits per heavy atom. The van der Waals surface area contributed by atoms with Gasteiger partial charge in [-0.1, -0.05) is 0 Å². The van der Waals surface area contributed by atoms with E-state index in [2.05, 4.69) is 21.3 Å². The fourth-order valence-corrected chi connectivity index (χ4v) is 5.84. The lowest BCUT2D eigenvalue weighted by molar-refractivity contribution is -0.0492. The first kappa shape index (κ1) is 15.2. The monoisotopic (exact) mass is 339 g/mol. The van der Waals surface area contributed by atoms with E-state index in [0.29, 0.717) is 11.5 Å². The van der Waals surface area contributed by atoms with Crippen LogP contribution in [0.5, 0.6) is 0 Å². The minimum absolute atomic E-state index is 0.192. The summed E-state index contributed by atoms with van der Waals surface area (Å²) in [5, 5.41) is 11.9. The van der Waals surface area contributed by atoms with E-state index in [-0.39, 0.29) is 11.4 Å². The average molecular weight is 339 g/mol. The van der Waals surface area contributed by atoms with Crippen LogP contribution in [-0.2, 0) is 12.1 Å². The number of carbonyl (C=O) groups is 1. The normalized spacial score (nSPS) is 32.9. The molecule has 6 nitrogen and oxygen atoms in total. The molecular formula is C19H25N5O. The van der Waals surface area contributed by atoms with Crippen LogP contribution in [0.2, 0.25) is 0 Å². The highest BCUT2D eigenvalue weighted by Crippen LogP contribution is 2.58. The van der Waals surface area contributed by atoms with E-state index in [4.69, 9.17) is 5.10 Å². The van der Waals surface area contributed by atoms with Gasteiger partial charge in [-0.25, -0.2) is 0 Å². The highest BCUT2D eigenvalue weighted by molar-refractivity contribution is 6.02. The van der Waals surface area contributed by atoms with Gasteiger partial charge >= 0.3 is 0 Å². The molecule has 6 rings (SSSR count). The molecule has 6 heteroatoms. The number of hydrogen-bond donors (Lipinski definition) is 1. The molecule has 4 bridgehead atoms. The first-order valence-electron chi connectivity index (χ1n) is 9.54. The zero-order valence-corrected chi connectivity index (χ0v) is 14.7. The van der Waals surface area contributed by atoms with E-state index in [1.54, 1.807) is 10.7 Å². The first-order chi connectivity index (χ1) is 12.1. The number of carbonyl (C=O) groups excluding carboxylic acids is 1. The fraction of sp³-hybridized carbons (Fsp3) is 0.632. The van der Waals surface area contributed by atoms with Crippen LogP contribution in [0.1, 0.15) is 55.9 Å². The van der Waals surface area contributed by atoms with Crippen molar-refractivity contribution in [1.29, 1.82) is 0 Å². The first-order valence-corrected chi connectivity index (χ1v) is 9.54. The molecule has 2 aromatic heterocycles. The van der Waals surface area contributed by atoms with Gasteiger partial charge in [-0.2, -0.15) is 10.2 Å². The topological polar surface area (TPSA) is 64.7 Å². The van der Waals surface area contributed by atoms with Crippen molar-refractivity contribution in [3.05, 3.63) is 30.2 Å². The Morgan fingerprint density at radius 2 is 1.80 bits per heavy atom. The predicted octanol–water partition coefficient (Wildman–Crippen LogP) is 3.28. The Bertz CT molecular complexity index is 769. The van der Waals surface area contributed by atoms with Crippen LogP contribution in [-0.4, -0.2) is 25.5 Å². The summed E-state index contributed by atoms with van der Waals surface area (Å²) in [6, 6.07) is 3.67. The summed E-state index contributed by atoms with van der Waals surface area (Å²) in [4.78, 5) is 12.4. The Labute approximate surface area is 147 Å². The zero-order chi connectivity index (χ0) is 17.0. The number of aryl methyl sites for hydroxylation is 1. The van der Waals surface area contributed by atoms with Gasteiger partial charge in [0.2, 0.25) is 0 Å². The number of amides is 1. The number of anilines is 1. The third-order valence-electron chi connectivity index (χ3n) is 6.52. The number of aromatic nitrogens is 4. The van der Waals surface area contributed by atoms with Gasteiger partial charge in [0.05, 0.1) is 5.54 Å². The minimum atomic E-state index is -0.192. The summed E-state index contributed by atoms with van der Waals surface area (Å²) >= 11 is 0. The van der Waals surface area contributed by atoms with Crippen molar-refractivity contribution in [2.75, 3.05) is 5.32 Å². The van der Waals surface area contributed by atoms with Gasteiger partial charge in [-0.3, -0.25) is 14.2 Å². The molecule has 132 valence electrons. The van der Waals surface area contributed by atoms with Crippen LogP contribution < -0.4 is 5.32 Å². The lowest BCUT2D eigenvalue weighted by Crippen LogP contribution is -2.52. The van der Waals surface area contributed by atoms with Crippen LogP contribution in [0.25, 0.3) is 0 Å². The summed E-state index contributed by atoms with van der Waals surface area (Å²) < 4.78 is 3.92. The van der Waals surface area contributed by atoms with Gasteiger partial charge in [-0.05, 0) is 69.3 Å². The molecule has 0 spiro atoms. The van der Waals surface area contributed by atoms with Gasteiger partial charge in [0.1, 0.15) is 0 Å². The molecule has 1 N–H and O–H groups in total. The Kier molecular flexibility index (Phi) is 3.30. The predicted molar refractivity (Wildman–Crippen MR) is 94.2 cm³/mol. The fourth-order valence-electron chi connectivity index (χ4n) is 5.84. The molecule has 0 saturated heterocycles. The van der Waals surface area contributed by atoms with Crippen LogP contribution >= 0.6 is 0 Å². The summed E-state index contributed by atoms with van der Waals surface area (Å²) in [7, 11) is 0. The van der Waals surface area contributed by atoms with E-state index < -0.39 is 0 Å². The lowest BCUT2D eigenvalue weighted by Gasteiger charge is -2.56. The Balaban J connectivity index is 1.34. The van der Waals surface area contributed by atoms with Gasteiger partial charge in [0.25, 0.3) is 5.91 Å². The van der Waals surface area contributed by atoms with E-state index in [9.17, 15) is 4.79 Å². The van der Waals surface area contributed by atoms with E-state index in [1.165, 1.54) is 38.5 Å². The molecule has 2 heterocycles. The number of rotatable bonds is 4. The molecule has 0 radical (unpaired) electrons. The smallest absolute Gasteiger partial charge is 0.277 e. The van der Waals surface area contributed by atoms with Gasteiger partial charge in [0, 0.05) is 25.0 Å². The zero-order valence-electron chi connectivity index (χ0n) is 14.7. The Hall–Kier alpha value is -2.11. The molecule has 0 aromatic carbocycles. The van der Waals surface area contributed by atoms with E-state index in [1.807, 2.05) is 19.2 Å². The number of nitrogens with zero attached hydrogens (tertiary/aromatic N) is 4. The van der Waals surface area contributed by atoms with Crippen molar-refractivity contribution in [2.45, 2.75) is 57.5 Å². The van der Waals surface area contributed by atoms with Crippen molar-refractivity contribution >= 4 is 11.7 Å². The van der Waals surface area contributed by atoms with E-state index >= 15 is 0 Å². The quantitative estimate of drug-likeness (QED) is 0.930. The number of hydrogen-bond acceptors (Lipinski definition) is 3. The van der Waals surface area contributed by atoms with Crippen molar-refractivity contribution in [3.63, 3.8) is 0 Å². The van der Waals surface area contributed by atoms with Gasteiger partial charge in [-0.15, -0.1) is 0 Å². The highest BCUT2D eigenvalue weighted by atomic mass is 16.2. The molecule has 4 aliphatic carbocycles. The van der Waals surface area contributed by atoms with Crippen molar-refractivity contribution in [2.24, 2.45) is 17.8 Å². The van der Waals surface area contributed by atoms with Crippen molar-refractivity contribution in [1.82, 2.24) is 19.6 Å². The second-order valence-electron chi connectivity index (χ2n) is 8.30. The third kappa shape index (κ3) is 2.50. The summed E-state index contributed by atoms with van der Waals surface area (Å²) in [6.07, 6.45) is 11.9. The molecular weight excluding hydrogens is 314 g/mol. The highest BCUT2D eigenvalue weighted by Gasteiger charge is 2.52. The van der Waals surface area contributed by atoms with Gasteiger partial charge in [0.15, 0.2) is 11.5 Å². The third-order valence-corrected chi connectivity index (χ3v) is 6.52. The summed E-state index contributed by atoms with van der Waals surface area (Å²) in [6.45, 7) is 2.76. The summed E-state index contributed by atoms with van der Waals surface area (Å²) in [5.74, 6) is 3.08. The molecule has 4 saturated carbocycles. The molecule has 25 heavy (non-hydrogen) atoms. The van der Waals surface area contributed by atoms with Crippen molar-refractivity contribution < 1.29 is 4.79 Å². The molecule has 2 aromatic rings. The van der Waals surface area contributed by atoms with Crippen molar-refractivity contribution in [3.8, 4) is 0 Å². The molecule has 4 aliphatic rings. The summed E-state index contributed by atoms with van der Waals surface area (Å²) in [5.41, 5.74) is 0.632. The van der Waals surface area contributed by atoms with Crippen LogP contribution in [0.4, 0.5) is 5.82 Å². The largest absolute Gasteiger partial charge is 0.304 e. The SMILES string of the molecule is CCn1ccc(C(=O)Nc2ccn(C34CC5CC(CC(C5)C3)C4)n2)n1. The second kappa shape index (κ2) is 5.44. The molecule has 0 unspecified atom stereocenters. The molecule has 0 aliphatic heterocycles. The minimum Gasteiger partial charge on any atom is -0.304 e. The maximum absolute atomic E-state index is 12.4. The van der Waals surface area contributed by atoms with Crippen LogP contribution in [0.15, 0.2) is 24.5 Å². The van der Waals surface area contributed by atoms with E-state index in [0.717, 1.165) is 24.3 Å². The maximum atomic E-state index is 12.4. The van der Waals surface area contributed by atoms with Gasteiger partial charge < -0.3 is 5.32 Å². The molecule has 0 atom stereocenters. The Morgan fingerprint density at radius 1 is 1.12 bits per heavy atom. The second-order valence-corrected chi connectivity index (χ2v) is 8.30. The molecule has 4 fully saturated rings. The molecule has 1 amide bonds. The maximum Gasteiger partial charge on any atom is 0.277 e. The van der Waals surface area contributed by atoms with Crippen LogP contribution in [0, 0.1) is 17.8 Å². The lowest BCUT2D eigenvalue weighted by atomic mass is 9.53. The number of nitrogens with one attached hydrogen (secondary N) is 1. The standard InChI is InChI=1S/C19H25N5O/c1-2-23-5-3-16(21-23)18(25)20-17-4-6-24(22-17)19-10-13-7-14(11-19)9-15(8-13)12-19/h3-6,13-15H,2,7-12H2,1H3,(H,20,22,25). The average Bonchev–Trinajstić information content (AvgIpc) is 3.23. The van der Waals surface area contributed by atoms with Crippen LogP contribution in [0.3, 0.4) is 0 Å².